The van der Waals surface area contributed by atoms with Crippen LogP contribution in [0, 0.1) is 5.82 Å². The molecule has 2 aromatic carbocycles. The van der Waals surface area contributed by atoms with Crippen LogP contribution < -0.4 is 4.74 Å². The quantitative estimate of drug-likeness (QED) is 0.478. The Kier molecular flexibility index (Phi) is 5.23. The molecule has 7 heteroatoms. The molecule has 1 unspecified atom stereocenters. The predicted molar refractivity (Wildman–Crippen MR) is 95.5 cm³/mol. The number of halogens is 1. The summed E-state index contributed by atoms with van der Waals surface area (Å²) >= 11 is 0. The highest BCUT2D eigenvalue weighted by molar-refractivity contribution is 6.46. The van der Waals surface area contributed by atoms with Gasteiger partial charge in [0, 0.05) is 12.1 Å². The van der Waals surface area contributed by atoms with E-state index in [9.17, 15) is 24.2 Å². The number of aliphatic hydroxyl groups is 2. The molecule has 1 fully saturated rings. The molecule has 2 aromatic rings. The summed E-state index contributed by atoms with van der Waals surface area (Å²) in [7, 11) is 1.50. The maximum absolute atomic E-state index is 13.3. The van der Waals surface area contributed by atoms with Crippen molar-refractivity contribution in [3.8, 4) is 5.75 Å². The molecule has 0 saturated carbocycles. The molecule has 6 nitrogen and oxygen atoms in total. The van der Waals surface area contributed by atoms with Gasteiger partial charge in [0.25, 0.3) is 11.7 Å². The van der Waals surface area contributed by atoms with Gasteiger partial charge >= 0.3 is 0 Å². The van der Waals surface area contributed by atoms with E-state index >= 15 is 0 Å². The summed E-state index contributed by atoms with van der Waals surface area (Å²) < 4.78 is 18.4. The number of carbonyl (C=O) groups is 2. The number of nitrogens with zero attached hydrogens (tertiary/aromatic N) is 1. The third-order valence-corrected chi connectivity index (χ3v) is 4.43. The highest BCUT2D eigenvalue weighted by Crippen LogP contribution is 2.39. The zero-order valence-corrected chi connectivity index (χ0v) is 14.6. The Morgan fingerprint density at radius 2 is 1.74 bits per heavy atom. The number of likely N-dealkylation sites (tertiary alicyclic amines) is 1. The Bertz CT molecular complexity index is 890. The molecule has 0 radical (unpaired) electrons. The number of carbonyl (C=O) groups excluding carboxylic acids is 2. The number of ether oxygens (including phenoxy) is 1. The molecule has 0 aromatic heterocycles. The van der Waals surface area contributed by atoms with Gasteiger partial charge in [-0.15, -0.1) is 0 Å². The molecule has 1 saturated heterocycles. The maximum atomic E-state index is 13.3. The second-order valence-electron chi connectivity index (χ2n) is 6.00. The van der Waals surface area contributed by atoms with Crippen LogP contribution in [0.4, 0.5) is 4.39 Å². The second kappa shape index (κ2) is 7.59. The normalized spacial score (nSPS) is 18.8. The lowest BCUT2D eigenvalue weighted by molar-refractivity contribution is -0.140. The van der Waals surface area contributed by atoms with Gasteiger partial charge in [-0.1, -0.05) is 12.1 Å². The molecule has 1 heterocycles. The summed E-state index contributed by atoms with van der Waals surface area (Å²) in [5.41, 5.74) is 0.689. The number of hydrogen-bond acceptors (Lipinski definition) is 5. The number of amides is 1. The standard InChI is InChI=1S/C20H18FNO5/c1-27-15-8-4-13(5-9-15)18(24)16-17(12-2-6-14(21)7-3-12)22(10-11-23)20(26)19(16)25/h2-9,17,23-24H,10-11H2,1H3/b18-16+. The van der Waals surface area contributed by atoms with E-state index in [4.69, 9.17) is 4.74 Å². The third kappa shape index (κ3) is 3.41. The minimum absolute atomic E-state index is 0.0913. The molecular weight excluding hydrogens is 353 g/mol. The number of β-amino-alcohol motifs (C(OH)–C–C–N with tert-alkyl or cyclic N) is 1. The Morgan fingerprint density at radius 3 is 2.30 bits per heavy atom. The molecule has 1 atom stereocenters. The molecule has 27 heavy (non-hydrogen) atoms. The summed E-state index contributed by atoms with van der Waals surface area (Å²) in [5.74, 6) is -1.92. The first kappa shape index (κ1) is 18.6. The van der Waals surface area contributed by atoms with Crippen LogP contribution in [0.25, 0.3) is 5.76 Å². The number of ketones is 1. The van der Waals surface area contributed by atoms with E-state index in [1.54, 1.807) is 24.3 Å². The van der Waals surface area contributed by atoms with Gasteiger partial charge < -0.3 is 19.8 Å². The number of aliphatic hydroxyl groups excluding tert-OH is 2. The van der Waals surface area contributed by atoms with E-state index in [1.165, 1.54) is 36.3 Å². The summed E-state index contributed by atoms with van der Waals surface area (Å²) in [4.78, 5) is 26.2. The molecule has 1 aliphatic rings. The Hall–Kier alpha value is -3.19. The fraction of sp³-hybridized carbons (Fsp3) is 0.200. The van der Waals surface area contributed by atoms with E-state index in [0.29, 0.717) is 16.9 Å². The van der Waals surface area contributed by atoms with E-state index in [0.717, 1.165) is 0 Å². The summed E-state index contributed by atoms with van der Waals surface area (Å²) in [6.45, 7) is -0.445. The van der Waals surface area contributed by atoms with Gasteiger partial charge in [0.15, 0.2) is 0 Å². The number of benzene rings is 2. The summed E-state index contributed by atoms with van der Waals surface area (Å²) in [6.07, 6.45) is 0. The van der Waals surface area contributed by atoms with Crippen molar-refractivity contribution >= 4 is 17.4 Å². The monoisotopic (exact) mass is 371 g/mol. The van der Waals surface area contributed by atoms with Crippen molar-refractivity contribution in [1.29, 1.82) is 0 Å². The second-order valence-corrected chi connectivity index (χ2v) is 6.00. The van der Waals surface area contributed by atoms with Crippen molar-refractivity contribution in [3.63, 3.8) is 0 Å². The predicted octanol–water partition coefficient (Wildman–Crippen LogP) is 2.25. The van der Waals surface area contributed by atoms with Crippen LogP contribution in [0.3, 0.4) is 0 Å². The topological polar surface area (TPSA) is 87.1 Å². The Morgan fingerprint density at radius 1 is 1.11 bits per heavy atom. The van der Waals surface area contributed by atoms with Crippen LogP contribution >= 0.6 is 0 Å². The average molecular weight is 371 g/mol. The van der Waals surface area contributed by atoms with Crippen molar-refractivity contribution < 1.29 is 28.9 Å². The van der Waals surface area contributed by atoms with Crippen LogP contribution in [-0.2, 0) is 9.59 Å². The first-order valence-electron chi connectivity index (χ1n) is 8.27. The minimum Gasteiger partial charge on any atom is -0.507 e. The molecule has 0 aliphatic carbocycles. The lowest BCUT2D eigenvalue weighted by Crippen LogP contribution is -2.32. The smallest absolute Gasteiger partial charge is 0.295 e. The van der Waals surface area contributed by atoms with Crippen LogP contribution in [0.15, 0.2) is 54.1 Å². The first-order valence-corrected chi connectivity index (χ1v) is 8.27. The molecule has 1 amide bonds. The molecular formula is C20H18FNO5. The largest absolute Gasteiger partial charge is 0.507 e. The molecule has 140 valence electrons. The van der Waals surface area contributed by atoms with Gasteiger partial charge in [-0.3, -0.25) is 9.59 Å². The first-order chi connectivity index (χ1) is 13.0. The van der Waals surface area contributed by atoms with Crippen LogP contribution in [-0.4, -0.2) is 47.1 Å². The maximum Gasteiger partial charge on any atom is 0.295 e. The van der Waals surface area contributed by atoms with E-state index in [-0.39, 0.29) is 24.5 Å². The van der Waals surface area contributed by atoms with Gasteiger partial charge in [0.2, 0.25) is 0 Å². The van der Waals surface area contributed by atoms with E-state index in [1.807, 2.05) is 0 Å². The van der Waals surface area contributed by atoms with Gasteiger partial charge in [-0.2, -0.15) is 0 Å². The van der Waals surface area contributed by atoms with Crippen LogP contribution in [0.5, 0.6) is 5.75 Å². The highest BCUT2D eigenvalue weighted by Gasteiger charge is 2.45. The van der Waals surface area contributed by atoms with Crippen molar-refractivity contribution in [2.45, 2.75) is 6.04 Å². The summed E-state index contributed by atoms with van der Waals surface area (Å²) in [5, 5.41) is 20.0. The van der Waals surface area contributed by atoms with Crippen LogP contribution in [0.1, 0.15) is 17.2 Å². The third-order valence-electron chi connectivity index (χ3n) is 4.43. The van der Waals surface area contributed by atoms with Gasteiger partial charge in [-0.05, 0) is 42.0 Å². The summed E-state index contributed by atoms with van der Waals surface area (Å²) in [6, 6.07) is 10.8. The van der Waals surface area contributed by atoms with Gasteiger partial charge in [0.05, 0.1) is 25.3 Å². The molecule has 0 bridgehead atoms. The lowest BCUT2D eigenvalue weighted by atomic mass is 9.95. The minimum atomic E-state index is -0.917. The van der Waals surface area contributed by atoms with Crippen molar-refractivity contribution in [2.75, 3.05) is 20.3 Å². The lowest BCUT2D eigenvalue weighted by Gasteiger charge is -2.24. The fourth-order valence-corrected chi connectivity index (χ4v) is 3.11. The van der Waals surface area contributed by atoms with Crippen molar-refractivity contribution in [3.05, 3.63) is 71.0 Å². The molecule has 2 N–H and O–H groups in total. The zero-order chi connectivity index (χ0) is 19.6. The Labute approximate surface area is 155 Å². The molecule has 3 rings (SSSR count). The molecule has 0 spiro atoms. The number of Topliss-reactive ketones (excluding diaryl/α,β-unsaturated/α-hetero) is 1. The number of methoxy groups -OCH3 is 1. The SMILES string of the molecule is COc1ccc(/C(O)=C2\C(=O)C(=O)N(CCO)C2c2ccc(F)cc2)cc1. The Balaban J connectivity index is 2.14. The average Bonchev–Trinajstić information content (AvgIpc) is 2.93. The fourth-order valence-electron chi connectivity index (χ4n) is 3.11. The molecule has 1 aliphatic heterocycles. The van der Waals surface area contributed by atoms with E-state index < -0.39 is 23.5 Å². The van der Waals surface area contributed by atoms with Gasteiger partial charge in [-0.25, -0.2) is 4.39 Å². The van der Waals surface area contributed by atoms with Crippen molar-refractivity contribution in [1.82, 2.24) is 4.90 Å². The highest BCUT2D eigenvalue weighted by atomic mass is 19.1. The van der Waals surface area contributed by atoms with Gasteiger partial charge in [0.1, 0.15) is 17.3 Å². The van der Waals surface area contributed by atoms with Crippen molar-refractivity contribution in [2.24, 2.45) is 0 Å². The number of hydrogen-bond donors (Lipinski definition) is 2. The van der Waals surface area contributed by atoms with E-state index in [2.05, 4.69) is 0 Å². The zero-order valence-electron chi connectivity index (χ0n) is 14.6. The number of rotatable bonds is 5. The van der Waals surface area contributed by atoms with Crippen LogP contribution in [0.2, 0.25) is 0 Å².